The van der Waals surface area contributed by atoms with Gasteiger partial charge in [0.1, 0.15) is 17.1 Å². The molecule has 0 saturated heterocycles. The number of allylic oxidation sites excluding steroid dienone is 1. The van der Waals surface area contributed by atoms with E-state index in [1.165, 1.54) is 0 Å². The molecule has 2 rings (SSSR count). The molecule has 1 N–H and O–H groups in total. The number of sulfone groups is 1. The Morgan fingerprint density at radius 3 is 2.81 bits per heavy atom. The minimum atomic E-state index is -3.19. The SMILES string of the molecule is O=S1(=O)CC#CCC2(O)CCC=C2C#CC1. The molecule has 1 aliphatic heterocycles. The second-order valence-electron chi connectivity index (χ2n) is 4.05. The highest BCUT2D eigenvalue weighted by Gasteiger charge is 2.33. The van der Waals surface area contributed by atoms with Gasteiger partial charge in [-0.15, -0.1) is 0 Å². The molecule has 1 atom stereocenters. The molecule has 0 saturated carbocycles. The first kappa shape index (κ1) is 11.3. The molecule has 0 aromatic rings. The molecule has 0 aromatic carbocycles. The van der Waals surface area contributed by atoms with Crippen molar-refractivity contribution < 1.29 is 13.5 Å². The summed E-state index contributed by atoms with van der Waals surface area (Å²) < 4.78 is 22.7. The van der Waals surface area contributed by atoms with Gasteiger partial charge in [0.25, 0.3) is 0 Å². The molecular formula is C12H12O3S. The van der Waals surface area contributed by atoms with E-state index in [1.807, 2.05) is 6.08 Å². The van der Waals surface area contributed by atoms with E-state index >= 15 is 0 Å². The highest BCUT2D eigenvalue weighted by Crippen LogP contribution is 2.32. The maximum absolute atomic E-state index is 11.4. The van der Waals surface area contributed by atoms with Crippen LogP contribution in [0.3, 0.4) is 0 Å². The molecule has 16 heavy (non-hydrogen) atoms. The molecule has 84 valence electrons. The van der Waals surface area contributed by atoms with Crippen molar-refractivity contribution in [2.75, 3.05) is 11.5 Å². The Bertz CT molecular complexity index is 549. The summed E-state index contributed by atoms with van der Waals surface area (Å²) in [6.07, 6.45) is 3.53. The van der Waals surface area contributed by atoms with Gasteiger partial charge in [0.05, 0.1) is 0 Å². The van der Waals surface area contributed by atoms with E-state index in [0.717, 1.165) is 6.42 Å². The van der Waals surface area contributed by atoms with Crippen molar-refractivity contribution in [3.05, 3.63) is 11.6 Å². The van der Waals surface area contributed by atoms with Crippen molar-refractivity contribution in [1.29, 1.82) is 0 Å². The first-order valence-electron chi connectivity index (χ1n) is 5.10. The van der Waals surface area contributed by atoms with Gasteiger partial charge in [0.15, 0.2) is 9.84 Å². The molecule has 0 bridgehead atoms. The van der Waals surface area contributed by atoms with E-state index in [1.54, 1.807) is 0 Å². The first-order valence-corrected chi connectivity index (χ1v) is 6.92. The van der Waals surface area contributed by atoms with Crippen molar-refractivity contribution in [3.63, 3.8) is 0 Å². The number of fused-ring (bicyclic) bond motifs is 1. The lowest BCUT2D eigenvalue weighted by Gasteiger charge is -2.20. The minimum absolute atomic E-state index is 0.170. The second kappa shape index (κ2) is 3.97. The van der Waals surface area contributed by atoms with Crippen LogP contribution in [0.5, 0.6) is 0 Å². The normalized spacial score (nSPS) is 31.2. The summed E-state index contributed by atoms with van der Waals surface area (Å²) >= 11 is 0. The van der Waals surface area contributed by atoms with Gasteiger partial charge in [-0.3, -0.25) is 0 Å². The number of hydrogen-bond donors (Lipinski definition) is 1. The predicted molar refractivity (Wildman–Crippen MR) is 61.1 cm³/mol. The summed E-state index contributed by atoms with van der Waals surface area (Å²) in [6.45, 7) is 0. The largest absolute Gasteiger partial charge is 0.383 e. The van der Waals surface area contributed by atoms with E-state index in [4.69, 9.17) is 0 Å². The Labute approximate surface area is 95.5 Å². The van der Waals surface area contributed by atoms with Gasteiger partial charge in [-0.05, 0) is 12.8 Å². The Balaban J connectivity index is 2.35. The van der Waals surface area contributed by atoms with Crippen LogP contribution < -0.4 is 0 Å². The third-order valence-electron chi connectivity index (χ3n) is 2.72. The fourth-order valence-electron chi connectivity index (χ4n) is 1.79. The third-order valence-corrected chi connectivity index (χ3v) is 3.89. The molecule has 1 heterocycles. The molecule has 0 fully saturated rings. The molecular weight excluding hydrogens is 224 g/mol. The molecule has 0 aromatic heterocycles. The summed E-state index contributed by atoms with van der Waals surface area (Å²) in [5.74, 6) is 10.3. The molecule has 1 unspecified atom stereocenters. The van der Waals surface area contributed by atoms with E-state index in [9.17, 15) is 13.5 Å². The second-order valence-corrected chi connectivity index (χ2v) is 6.12. The van der Waals surface area contributed by atoms with E-state index in [2.05, 4.69) is 23.7 Å². The maximum atomic E-state index is 11.4. The zero-order chi connectivity index (χ0) is 11.6. The van der Waals surface area contributed by atoms with Crippen LogP contribution in [0.2, 0.25) is 0 Å². The van der Waals surface area contributed by atoms with Gasteiger partial charge >= 0.3 is 0 Å². The van der Waals surface area contributed by atoms with Crippen LogP contribution in [0.4, 0.5) is 0 Å². The van der Waals surface area contributed by atoms with Crippen LogP contribution in [0.15, 0.2) is 11.6 Å². The molecule has 0 radical (unpaired) electrons. The molecule has 2 aliphatic rings. The van der Waals surface area contributed by atoms with E-state index in [0.29, 0.717) is 12.0 Å². The lowest BCUT2D eigenvalue weighted by Crippen LogP contribution is -2.27. The van der Waals surface area contributed by atoms with Crippen LogP contribution >= 0.6 is 0 Å². The van der Waals surface area contributed by atoms with Crippen molar-refractivity contribution in [3.8, 4) is 23.7 Å². The summed E-state index contributed by atoms with van der Waals surface area (Å²) in [7, 11) is -3.19. The van der Waals surface area contributed by atoms with Gasteiger partial charge in [-0.1, -0.05) is 29.8 Å². The molecule has 3 nitrogen and oxygen atoms in total. The highest BCUT2D eigenvalue weighted by atomic mass is 32.2. The number of rotatable bonds is 0. The highest BCUT2D eigenvalue weighted by molar-refractivity contribution is 7.91. The maximum Gasteiger partial charge on any atom is 0.172 e. The van der Waals surface area contributed by atoms with E-state index < -0.39 is 15.4 Å². The minimum Gasteiger partial charge on any atom is -0.383 e. The molecule has 1 aliphatic carbocycles. The predicted octanol–water partition coefficient (Wildman–Crippen LogP) is 0.263. The smallest absolute Gasteiger partial charge is 0.172 e. The van der Waals surface area contributed by atoms with Gasteiger partial charge < -0.3 is 5.11 Å². The summed E-state index contributed by atoms with van der Waals surface area (Å²) in [5.41, 5.74) is -0.333. The quantitative estimate of drug-likeness (QED) is 0.614. The van der Waals surface area contributed by atoms with Crippen LogP contribution in [0.25, 0.3) is 0 Å². The molecule has 4 heteroatoms. The summed E-state index contributed by atoms with van der Waals surface area (Å²) in [4.78, 5) is 0. The fourth-order valence-corrected chi connectivity index (χ4v) is 2.51. The summed E-state index contributed by atoms with van der Waals surface area (Å²) in [6, 6.07) is 0. The van der Waals surface area contributed by atoms with Crippen LogP contribution in [-0.2, 0) is 9.84 Å². The topological polar surface area (TPSA) is 54.4 Å². The van der Waals surface area contributed by atoms with Gasteiger partial charge in [-0.25, -0.2) is 8.42 Å². The van der Waals surface area contributed by atoms with Gasteiger partial charge in [0, 0.05) is 12.0 Å². The Morgan fingerprint density at radius 2 is 2.00 bits per heavy atom. The lowest BCUT2D eigenvalue weighted by molar-refractivity contribution is 0.0893. The lowest BCUT2D eigenvalue weighted by atomic mass is 9.92. The number of hydrogen-bond acceptors (Lipinski definition) is 3. The standard InChI is InChI=1S/C12H12O3S/c13-12-7-1-2-9-16(14,15)10-4-6-11(12)5-3-8-12/h5,13H,3,7-10H2. The van der Waals surface area contributed by atoms with Crippen LogP contribution in [0, 0.1) is 23.7 Å². The molecule has 0 amide bonds. The van der Waals surface area contributed by atoms with Crippen LogP contribution in [-0.4, -0.2) is 30.6 Å². The number of aliphatic hydroxyl groups is 1. The van der Waals surface area contributed by atoms with E-state index in [-0.39, 0.29) is 17.9 Å². The summed E-state index contributed by atoms with van der Waals surface area (Å²) in [5, 5.41) is 10.2. The average Bonchev–Trinajstić information content (AvgIpc) is 2.56. The molecule has 0 spiro atoms. The average molecular weight is 236 g/mol. The zero-order valence-corrected chi connectivity index (χ0v) is 9.60. The Hall–Kier alpha value is -1.23. The van der Waals surface area contributed by atoms with Gasteiger partial charge in [0.2, 0.25) is 0 Å². The fraction of sp³-hybridized carbons (Fsp3) is 0.500. The van der Waals surface area contributed by atoms with Crippen molar-refractivity contribution in [2.24, 2.45) is 0 Å². The third kappa shape index (κ3) is 2.29. The Morgan fingerprint density at radius 1 is 1.25 bits per heavy atom. The van der Waals surface area contributed by atoms with Gasteiger partial charge in [-0.2, -0.15) is 0 Å². The van der Waals surface area contributed by atoms with Crippen molar-refractivity contribution in [2.45, 2.75) is 24.9 Å². The monoisotopic (exact) mass is 236 g/mol. The van der Waals surface area contributed by atoms with Crippen molar-refractivity contribution in [1.82, 2.24) is 0 Å². The first-order chi connectivity index (χ1) is 7.52. The van der Waals surface area contributed by atoms with Crippen molar-refractivity contribution >= 4 is 9.84 Å². The van der Waals surface area contributed by atoms with Crippen LogP contribution in [0.1, 0.15) is 19.3 Å². The zero-order valence-electron chi connectivity index (χ0n) is 8.78. The Kier molecular flexibility index (Phi) is 2.80.